The average molecular weight is 266 g/mol. The minimum Gasteiger partial charge on any atom is -0.353 e. The van der Waals surface area contributed by atoms with E-state index in [1.165, 1.54) is 11.3 Å². The molecule has 2 atom stereocenters. The Morgan fingerprint density at radius 2 is 1.95 bits per heavy atom. The molecule has 0 aromatic rings. The normalized spacial score (nSPS) is 27.7. The molecule has 5 heteroatoms. The Labute approximate surface area is 113 Å². The molecule has 19 heavy (non-hydrogen) atoms. The number of amides is 3. The second-order valence-electron chi connectivity index (χ2n) is 5.73. The molecule has 2 aliphatic rings. The van der Waals surface area contributed by atoms with E-state index in [4.69, 9.17) is 0 Å². The van der Waals surface area contributed by atoms with Crippen LogP contribution in [0.5, 0.6) is 0 Å². The first-order valence-corrected chi connectivity index (χ1v) is 7.19. The summed E-state index contributed by atoms with van der Waals surface area (Å²) in [4.78, 5) is 35.8. The number of carbonyl (C=O) groups excluding carboxylic acids is 3. The van der Waals surface area contributed by atoms with Gasteiger partial charge in [0.2, 0.25) is 17.7 Å². The summed E-state index contributed by atoms with van der Waals surface area (Å²) in [6.45, 7) is 2.44. The van der Waals surface area contributed by atoms with Crippen molar-refractivity contribution in [3.8, 4) is 0 Å². The molecule has 1 aliphatic carbocycles. The first-order valence-electron chi connectivity index (χ1n) is 7.19. The zero-order chi connectivity index (χ0) is 13.8. The topological polar surface area (TPSA) is 66.5 Å². The summed E-state index contributed by atoms with van der Waals surface area (Å²) >= 11 is 0. The number of imide groups is 1. The van der Waals surface area contributed by atoms with Gasteiger partial charge < -0.3 is 5.32 Å². The average Bonchev–Trinajstić information content (AvgIpc) is 2.67. The van der Waals surface area contributed by atoms with Crippen LogP contribution in [-0.2, 0) is 14.4 Å². The summed E-state index contributed by atoms with van der Waals surface area (Å²) in [5, 5.41) is 3.01. The Hall–Kier alpha value is -1.39. The van der Waals surface area contributed by atoms with Crippen LogP contribution in [0.4, 0.5) is 0 Å². The summed E-state index contributed by atoms with van der Waals surface area (Å²) in [5.41, 5.74) is 0. The molecule has 1 heterocycles. The Morgan fingerprint density at radius 3 is 2.58 bits per heavy atom. The van der Waals surface area contributed by atoms with Gasteiger partial charge in [-0.3, -0.25) is 19.3 Å². The first kappa shape index (κ1) is 14.0. The highest BCUT2D eigenvalue weighted by molar-refractivity contribution is 6.02. The SMILES string of the molecule is C[C@@H]1CCC[C@H](NC(=O)CCN2C(=O)CCC2=O)C1. The molecular weight excluding hydrogens is 244 g/mol. The quantitative estimate of drug-likeness (QED) is 0.778. The third kappa shape index (κ3) is 3.78. The van der Waals surface area contributed by atoms with Gasteiger partial charge in [0.15, 0.2) is 0 Å². The van der Waals surface area contributed by atoms with Gasteiger partial charge in [0, 0.05) is 31.8 Å². The van der Waals surface area contributed by atoms with E-state index in [9.17, 15) is 14.4 Å². The molecule has 1 N–H and O–H groups in total. The van der Waals surface area contributed by atoms with Crippen LogP contribution in [0.15, 0.2) is 0 Å². The Balaban J connectivity index is 1.72. The number of hydrogen-bond donors (Lipinski definition) is 1. The predicted molar refractivity (Wildman–Crippen MR) is 70.1 cm³/mol. The maximum Gasteiger partial charge on any atom is 0.229 e. The summed E-state index contributed by atoms with van der Waals surface area (Å²) in [6.07, 6.45) is 5.28. The first-order chi connectivity index (χ1) is 9.06. The van der Waals surface area contributed by atoms with Gasteiger partial charge in [-0.25, -0.2) is 0 Å². The van der Waals surface area contributed by atoms with Crippen LogP contribution in [0.3, 0.4) is 0 Å². The van der Waals surface area contributed by atoms with Crippen LogP contribution >= 0.6 is 0 Å². The number of hydrogen-bond acceptors (Lipinski definition) is 3. The predicted octanol–water partition coefficient (Wildman–Crippen LogP) is 1.22. The molecule has 0 aromatic heterocycles. The standard InChI is InChI=1S/C14H22N2O3/c1-10-3-2-4-11(9-10)15-12(17)7-8-16-13(18)5-6-14(16)19/h10-11H,2-9H2,1H3,(H,15,17)/t10-,11+/m1/s1. The van der Waals surface area contributed by atoms with Crippen molar-refractivity contribution in [1.29, 1.82) is 0 Å². The van der Waals surface area contributed by atoms with Crippen molar-refractivity contribution in [3.63, 3.8) is 0 Å². The van der Waals surface area contributed by atoms with E-state index in [0.717, 1.165) is 19.3 Å². The molecule has 3 amide bonds. The molecule has 5 nitrogen and oxygen atoms in total. The van der Waals surface area contributed by atoms with Crippen LogP contribution in [0.2, 0.25) is 0 Å². The van der Waals surface area contributed by atoms with E-state index < -0.39 is 0 Å². The van der Waals surface area contributed by atoms with Crippen molar-refractivity contribution >= 4 is 17.7 Å². The Bertz CT molecular complexity index is 365. The fourth-order valence-corrected chi connectivity index (χ4v) is 2.95. The molecule has 0 radical (unpaired) electrons. The highest BCUT2D eigenvalue weighted by Gasteiger charge is 2.29. The highest BCUT2D eigenvalue weighted by Crippen LogP contribution is 2.23. The highest BCUT2D eigenvalue weighted by atomic mass is 16.2. The van der Waals surface area contributed by atoms with Gasteiger partial charge in [0.25, 0.3) is 0 Å². The molecule has 2 rings (SSSR count). The van der Waals surface area contributed by atoms with E-state index in [1.807, 2.05) is 0 Å². The van der Waals surface area contributed by atoms with Gasteiger partial charge in [-0.2, -0.15) is 0 Å². The molecular formula is C14H22N2O3. The van der Waals surface area contributed by atoms with Crippen molar-refractivity contribution in [2.45, 2.75) is 57.9 Å². The van der Waals surface area contributed by atoms with Crippen LogP contribution in [0, 0.1) is 5.92 Å². The van der Waals surface area contributed by atoms with Crippen molar-refractivity contribution in [1.82, 2.24) is 10.2 Å². The van der Waals surface area contributed by atoms with E-state index in [0.29, 0.717) is 18.8 Å². The Kier molecular flexibility index (Phi) is 4.56. The number of likely N-dealkylation sites (tertiary alicyclic amines) is 1. The van der Waals surface area contributed by atoms with Crippen LogP contribution in [-0.4, -0.2) is 35.2 Å². The Morgan fingerprint density at radius 1 is 1.26 bits per heavy atom. The summed E-state index contributed by atoms with van der Waals surface area (Å²) in [7, 11) is 0. The maximum atomic E-state index is 11.8. The van der Waals surface area contributed by atoms with Gasteiger partial charge in [-0.15, -0.1) is 0 Å². The molecule has 1 saturated heterocycles. The van der Waals surface area contributed by atoms with Crippen LogP contribution in [0.1, 0.15) is 51.9 Å². The van der Waals surface area contributed by atoms with Gasteiger partial charge >= 0.3 is 0 Å². The molecule has 106 valence electrons. The lowest BCUT2D eigenvalue weighted by Gasteiger charge is -2.27. The lowest BCUT2D eigenvalue weighted by molar-refractivity contribution is -0.138. The molecule has 0 unspecified atom stereocenters. The fourth-order valence-electron chi connectivity index (χ4n) is 2.95. The lowest BCUT2D eigenvalue weighted by atomic mass is 9.87. The second kappa shape index (κ2) is 6.17. The van der Waals surface area contributed by atoms with Gasteiger partial charge in [0.1, 0.15) is 0 Å². The smallest absolute Gasteiger partial charge is 0.229 e. The summed E-state index contributed by atoms with van der Waals surface area (Å²) in [5.74, 6) is 0.320. The van der Waals surface area contributed by atoms with E-state index >= 15 is 0 Å². The minimum atomic E-state index is -0.149. The van der Waals surface area contributed by atoms with Gasteiger partial charge in [0.05, 0.1) is 0 Å². The molecule has 0 spiro atoms. The fraction of sp³-hybridized carbons (Fsp3) is 0.786. The maximum absolute atomic E-state index is 11.8. The monoisotopic (exact) mass is 266 g/mol. The second-order valence-corrected chi connectivity index (χ2v) is 5.73. The molecule has 1 aliphatic heterocycles. The van der Waals surface area contributed by atoms with Gasteiger partial charge in [-0.1, -0.05) is 19.8 Å². The lowest BCUT2D eigenvalue weighted by Crippen LogP contribution is -2.40. The third-order valence-electron chi connectivity index (χ3n) is 4.02. The molecule has 0 aromatic carbocycles. The van der Waals surface area contributed by atoms with Crippen molar-refractivity contribution in [2.75, 3.05) is 6.54 Å². The van der Waals surface area contributed by atoms with Crippen LogP contribution in [0.25, 0.3) is 0 Å². The molecule has 0 bridgehead atoms. The largest absolute Gasteiger partial charge is 0.353 e. The number of rotatable bonds is 4. The zero-order valence-corrected chi connectivity index (χ0v) is 11.5. The summed E-state index contributed by atoms with van der Waals surface area (Å²) < 4.78 is 0. The van der Waals surface area contributed by atoms with E-state index in [-0.39, 0.29) is 36.7 Å². The van der Waals surface area contributed by atoms with Crippen molar-refractivity contribution < 1.29 is 14.4 Å². The number of nitrogens with one attached hydrogen (secondary N) is 1. The zero-order valence-electron chi connectivity index (χ0n) is 11.5. The number of nitrogens with zero attached hydrogens (tertiary/aromatic N) is 1. The van der Waals surface area contributed by atoms with E-state index in [1.54, 1.807) is 0 Å². The van der Waals surface area contributed by atoms with Gasteiger partial charge in [-0.05, 0) is 18.8 Å². The minimum absolute atomic E-state index is 0.0494. The summed E-state index contributed by atoms with van der Waals surface area (Å²) in [6, 6.07) is 0.265. The molecule has 1 saturated carbocycles. The van der Waals surface area contributed by atoms with Crippen molar-refractivity contribution in [3.05, 3.63) is 0 Å². The third-order valence-corrected chi connectivity index (χ3v) is 4.02. The number of carbonyl (C=O) groups is 3. The van der Waals surface area contributed by atoms with Crippen LogP contribution < -0.4 is 5.32 Å². The van der Waals surface area contributed by atoms with E-state index in [2.05, 4.69) is 12.2 Å². The van der Waals surface area contributed by atoms with Crippen molar-refractivity contribution in [2.24, 2.45) is 5.92 Å². The molecule has 2 fully saturated rings.